The standard InChI is InChI=1S/C18H19NOS2/c1-2-12-7-5-6-10-19(12)18(20)16-11-15-17(22-16)13-8-3-4-9-14(13)21-15/h3-4,8-9,11-12H,2,5-7,10H2,1H3/t12-/m0/s1. The lowest BCUT2D eigenvalue weighted by molar-refractivity contribution is 0.0613. The monoisotopic (exact) mass is 329 g/mol. The van der Waals surface area contributed by atoms with Gasteiger partial charge in [0.1, 0.15) is 0 Å². The van der Waals surface area contributed by atoms with Crippen molar-refractivity contribution in [1.29, 1.82) is 0 Å². The molecule has 0 unspecified atom stereocenters. The van der Waals surface area contributed by atoms with E-state index in [1.54, 1.807) is 22.7 Å². The molecule has 114 valence electrons. The third-order valence-electron chi connectivity index (χ3n) is 4.62. The zero-order valence-electron chi connectivity index (χ0n) is 12.7. The van der Waals surface area contributed by atoms with Crippen LogP contribution in [0.3, 0.4) is 0 Å². The number of likely N-dealkylation sites (tertiary alicyclic amines) is 1. The molecule has 2 nitrogen and oxygen atoms in total. The van der Waals surface area contributed by atoms with Gasteiger partial charge in [-0.2, -0.15) is 0 Å². The van der Waals surface area contributed by atoms with E-state index >= 15 is 0 Å². The Labute approximate surface area is 138 Å². The van der Waals surface area contributed by atoms with E-state index in [2.05, 4.69) is 42.2 Å². The largest absolute Gasteiger partial charge is 0.335 e. The highest BCUT2D eigenvalue weighted by molar-refractivity contribution is 7.33. The van der Waals surface area contributed by atoms with Crippen LogP contribution in [0.15, 0.2) is 30.3 Å². The predicted molar refractivity (Wildman–Crippen MR) is 96.2 cm³/mol. The molecular formula is C18H19NOS2. The van der Waals surface area contributed by atoms with Gasteiger partial charge in [0.2, 0.25) is 0 Å². The van der Waals surface area contributed by atoms with Gasteiger partial charge < -0.3 is 4.90 Å². The smallest absolute Gasteiger partial charge is 0.264 e. The van der Waals surface area contributed by atoms with Crippen LogP contribution >= 0.6 is 22.7 Å². The SMILES string of the molecule is CC[C@H]1CCCCN1C(=O)c1cc2sc3ccccc3c2s1. The average Bonchev–Trinajstić information content (AvgIpc) is 3.12. The molecule has 3 heterocycles. The van der Waals surface area contributed by atoms with E-state index in [1.807, 2.05) is 0 Å². The van der Waals surface area contributed by atoms with Crippen LogP contribution in [-0.2, 0) is 0 Å². The maximum atomic E-state index is 12.9. The van der Waals surface area contributed by atoms with Gasteiger partial charge in [0.15, 0.2) is 0 Å². The molecule has 1 aliphatic heterocycles. The van der Waals surface area contributed by atoms with Crippen molar-refractivity contribution in [3.8, 4) is 0 Å². The molecule has 4 heteroatoms. The summed E-state index contributed by atoms with van der Waals surface area (Å²) >= 11 is 3.46. The van der Waals surface area contributed by atoms with Gasteiger partial charge in [0, 0.05) is 27.4 Å². The van der Waals surface area contributed by atoms with Gasteiger partial charge in [-0.1, -0.05) is 25.1 Å². The quantitative estimate of drug-likeness (QED) is 0.606. The summed E-state index contributed by atoms with van der Waals surface area (Å²) in [5.74, 6) is 0.240. The zero-order chi connectivity index (χ0) is 15.1. The fourth-order valence-electron chi connectivity index (χ4n) is 3.44. The van der Waals surface area contributed by atoms with Gasteiger partial charge in [0.25, 0.3) is 5.91 Å². The minimum Gasteiger partial charge on any atom is -0.335 e. The van der Waals surface area contributed by atoms with Gasteiger partial charge in [-0.15, -0.1) is 22.7 Å². The zero-order valence-corrected chi connectivity index (χ0v) is 14.3. The van der Waals surface area contributed by atoms with Crippen molar-refractivity contribution in [2.75, 3.05) is 6.54 Å². The van der Waals surface area contributed by atoms with Crippen LogP contribution in [0.2, 0.25) is 0 Å². The van der Waals surface area contributed by atoms with Crippen molar-refractivity contribution in [3.63, 3.8) is 0 Å². The maximum Gasteiger partial charge on any atom is 0.264 e. The second kappa shape index (κ2) is 5.67. The fraction of sp³-hybridized carbons (Fsp3) is 0.389. The first-order valence-electron chi connectivity index (χ1n) is 8.00. The van der Waals surface area contributed by atoms with E-state index in [-0.39, 0.29) is 5.91 Å². The van der Waals surface area contributed by atoms with Crippen LogP contribution in [0.1, 0.15) is 42.3 Å². The topological polar surface area (TPSA) is 20.3 Å². The van der Waals surface area contributed by atoms with E-state index < -0.39 is 0 Å². The number of thiophene rings is 2. The Morgan fingerprint density at radius 1 is 1.23 bits per heavy atom. The van der Waals surface area contributed by atoms with Gasteiger partial charge in [-0.3, -0.25) is 4.79 Å². The highest BCUT2D eigenvalue weighted by Gasteiger charge is 2.27. The summed E-state index contributed by atoms with van der Waals surface area (Å²) in [6, 6.07) is 11.0. The molecule has 1 aromatic carbocycles. The Hall–Kier alpha value is -1.39. The summed E-state index contributed by atoms with van der Waals surface area (Å²) < 4.78 is 3.83. The second-order valence-electron chi connectivity index (χ2n) is 5.96. The lowest BCUT2D eigenvalue weighted by Crippen LogP contribution is -2.43. The molecule has 0 spiro atoms. The Morgan fingerprint density at radius 2 is 2.09 bits per heavy atom. The highest BCUT2D eigenvalue weighted by Crippen LogP contribution is 2.40. The Kier molecular flexibility index (Phi) is 3.66. The minimum atomic E-state index is 0.240. The Morgan fingerprint density at radius 3 is 2.95 bits per heavy atom. The lowest BCUT2D eigenvalue weighted by Gasteiger charge is -2.35. The first-order chi connectivity index (χ1) is 10.8. The van der Waals surface area contributed by atoms with Crippen LogP contribution in [0.5, 0.6) is 0 Å². The van der Waals surface area contributed by atoms with Gasteiger partial charge >= 0.3 is 0 Å². The summed E-state index contributed by atoms with van der Waals surface area (Å²) in [4.78, 5) is 15.9. The van der Waals surface area contributed by atoms with Gasteiger partial charge in [-0.25, -0.2) is 0 Å². The van der Waals surface area contributed by atoms with Gasteiger partial charge in [0.05, 0.1) is 9.58 Å². The number of nitrogens with zero attached hydrogens (tertiary/aromatic N) is 1. The third kappa shape index (κ3) is 2.25. The van der Waals surface area contributed by atoms with E-state index in [0.29, 0.717) is 6.04 Å². The number of hydrogen-bond acceptors (Lipinski definition) is 3. The molecule has 3 aromatic rings. The van der Waals surface area contributed by atoms with E-state index in [9.17, 15) is 4.79 Å². The lowest BCUT2D eigenvalue weighted by atomic mass is 10.00. The van der Waals surface area contributed by atoms with Crippen molar-refractivity contribution in [1.82, 2.24) is 4.90 Å². The van der Waals surface area contributed by atoms with Crippen LogP contribution in [0.4, 0.5) is 0 Å². The first kappa shape index (κ1) is 14.2. The van der Waals surface area contributed by atoms with Gasteiger partial charge in [-0.05, 0) is 37.8 Å². The van der Waals surface area contributed by atoms with E-state index in [0.717, 1.165) is 30.7 Å². The maximum absolute atomic E-state index is 12.9. The number of rotatable bonds is 2. The molecule has 1 aliphatic rings. The van der Waals surface area contributed by atoms with Crippen molar-refractivity contribution >= 4 is 48.1 Å². The average molecular weight is 329 g/mol. The molecule has 22 heavy (non-hydrogen) atoms. The second-order valence-corrected chi connectivity index (χ2v) is 8.09. The van der Waals surface area contributed by atoms with Crippen LogP contribution in [-0.4, -0.2) is 23.4 Å². The van der Waals surface area contributed by atoms with E-state index in [1.165, 1.54) is 25.9 Å². The number of piperidine rings is 1. The molecule has 0 aliphatic carbocycles. The fourth-order valence-corrected chi connectivity index (χ4v) is 5.92. The molecule has 1 fully saturated rings. The molecule has 4 rings (SSSR count). The van der Waals surface area contributed by atoms with Crippen molar-refractivity contribution in [2.24, 2.45) is 0 Å². The van der Waals surface area contributed by atoms with Crippen LogP contribution in [0.25, 0.3) is 19.5 Å². The molecule has 2 aromatic heterocycles. The molecule has 0 N–H and O–H groups in total. The number of carbonyl (C=O) groups is 1. The summed E-state index contributed by atoms with van der Waals surface area (Å²) in [6.07, 6.45) is 4.62. The number of fused-ring (bicyclic) bond motifs is 3. The minimum absolute atomic E-state index is 0.240. The summed E-state index contributed by atoms with van der Waals surface area (Å²) in [5.41, 5.74) is 0. The molecule has 0 radical (unpaired) electrons. The predicted octanol–water partition coefficient (Wildman–Crippen LogP) is 5.52. The van der Waals surface area contributed by atoms with Crippen LogP contribution < -0.4 is 0 Å². The molecule has 0 saturated carbocycles. The highest BCUT2D eigenvalue weighted by atomic mass is 32.1. The molecular weight excluding hydrogens is 310 g/mol. The number of amides is 1. The summed E-state index contributed by atoms with van der Waals surface area (Å²) in [5, 5.41) is 1.29. The van der Waals surface area contributed by atoms with Crippen molar-refractivity contribution < 1.29 is 4.79 Å². The molecule has 1 saturated heterocycles. The number of hydrogen-bond donors (Lipinski definition) is 0. The molecule has 1 atom stereocenters. The van der Waals surface area contributed by atoms with Crippen LogP contribution in [0, 0.1) is 0 Å². The van der Waals surface area contributed by atoms with Crippen molar-refractivity contribution in [2.45, 2.75) is 38.6 Å². The summed E-state index contributed by atoms with van der Waals surface area (Å²) in [7, 11) is 0. The summed E-state index contributed by atoms with van der Waals surface area (Å²) in [6.45, 7) is 3.11. The molecule has 1 amide bonds. The third-order valence-corrected chi connectivity index (χ3v) is 7.02. The number of carbonyl (C=O) groups excluding carboxylic acids is 1. The Balaban J connectivity index is 1.72. The normalized spacial score (nSPS) is 19.1. The molecule has 0 bridgehead atoms. The van der Waals surface area contributed by atoms with E-state index in [4.69, 9.17) is 0 Å². The number of benzene rings is 1. The Bertz CT molecular complexity index is 832. The first-order valence-corrected chi connectivity index (χ1v) is 9.63. The van der Waals surface area contributed by atoms with Crippen molar-refractivity contribution in [3.05, 3.63) is 35.2 Å².